The first-order chi connectivity index (χ1) is 7.15. The lowest BCUT2D eigenvalue weighted by molar-refractivity contribution is 0.0710. The standard InChI is InChI=1S/C10H14BrNO2S/c1-3-14-5-4-12(2)10(13)8-6-9(11)15-7-8/h6-7H,3-5H2,1-2H3. The van der Waals surface area contributed by atoms with E-state index in [9.17, 15) is 4.79 Å². The van der Waals surface area contributed by atoms with Gasteiger partial charge in [-0.05, 0) is 28.9 Å². The Balaban J connectivity index is 2.46. The number of halogens is 1. The van der Waals surface area contributed by atoms with Gasteiger partial charge in [-0.15, -0.1) is 11.3 Å². The molecule has 15 heavy (non-hydrogen) atoms. The summed E-state index contributed by atoms with van der Waals surface area (Å²) in [5.74, 6) is 0.0386. The van der Waals surface area contributed by atoms with Crippen LogP contribution in [0.3, 0.4) is 0 Å². The van der Waals surface area contributed by atoms with Crippen LogP contribution in [0.15, 0.2) is 15.2 Å². The summed E-state index contributed by atoms with van der Waals surface area (Å²) >= 11 is 4.85. The first-order valence-corrected chi connectivity index (χ1v) is 6.39. The molecule has 1 heterocycles. The third-order valence-electron chi connectivity index (χ3n) is 1.94. The number of thiophene rings is 1. The summed E-state index contributed by atoms with van der Waals surface area (Å²) in [6, 6.07) is 1.84. The molecule has 0 unspecified atom stereocenters. The molecule has 0 aliphatic rings. The number of ether oxygens (including phenoxy) is 1. The molecule has 84 valence electrons. The summed E-state index contributed by atoms with van der Waals surface area (Å²) in [4.78, 5) is 13.5. The number of likely N-dealkylation sites (N-methyl/N-ethyl adjacent to an activating group) is 1. The maximum absolute atomic E-state index is 11.8. The third-order valence-corrected chi connectivity index (χ3v) is 3.44. The Kier molecular flexibility index (Phi) is 5.28. The van der Waals surface area contributed by atoms with E-state index in [4.69, 9.17) is 4.74 Å². The zero-order valence-electron chi connectivity index (χ0n) is 8.83. The van der Waals surface area contributed by atoms with E-state index in [-0.39, 0.29) is 5.91 Å². The zero-order valence-corrected chi connectivity index (χ0v) is 11.2. The van der Waals surface area contributed by atoms with Crippen LogP contribution in [-0.2, 0) is 4.74 Å². The number of carbonyl (C=O) groups excluding carboxylic acids is 1. The van der Waals surface area contributed by atoms with Gasteiger partial charge in [-0.2, -0.15) is 0 Å². The van der Waals surface area contributed by atoms with Gasteiger partial charge in [0.2, 0.25) is 0 Å². The Morgan fingerprint density at radius 3 is 2.93 bits per heavy atom. The molecule has 0 radical (unpaired) electrons. The highest BCUT2D eigenvalue weighted by Gasteiger charge is 2.12. The van der Waals surface area contributed by atoms with E-state index in [0.29, 0.717) is 19.8 Å². The van der Waals surface area contributed by atoms with Gasteiger partial charge in [-0.1, -0.05) is 0 Å². The predicted octanol–water partition coefficient (Wildman–Crippen LogP) is 2.62. The molecule has 3 nitrogen and oxygen atoms in total. The minimum Gasteiger partial charge on any atom is -0.380 e. The van der Waals surface area contributed by atoms with Gasteiger partial charge >= 0.3 is 0 Å². The number of hydrogen-bond acceptors (Lipinski definition) is 3. The molecule has 0 saturated heterocycles. The molecule has 0 fully saturated rings. The van der Waals surface area contributed by atoms with Gasteiger partial charge in [0.25, 0.3) is 5.91 Å². The van der Waals surface area contributed by atoms with Crippen molar-refractivity contribution in [3.05, 3.63) is 20.8 Å². The molecule has 1 rings (SSSR count). The van der Waals surface area contributed by atoms with Crippen molar-refractivity contribution in [1.29, 1.82) is 0 Å². The summed E-state index contributed by atoms with van der Waals surface area (Å²) in [5.41, 5.74) is 0.728. The molecule has 0 aliphatic heterocycles. The van der Waals surface area contributed by atoms with Gasteiger partial charge in [-0.3, -0.25) is 4.79 Å². The van der Waals surface area contributed by atoms with E-state index >= 15 is 0 Å². The highest BCUT2D eigenvalue weighted by atomic mass is 79.9. The average molecular weight is 292 g/mol. The number of nitrogens with zero attached hydrogens (tertiary/aromatic N) is 1. The fourth-order valence-electron chi connectivity index (χ4n) is 1.09. The Morgan fingerprint density at radius 2 is 2.40 bits per heavy atom. The number of hydrogen-bond donors (Lipinski definition) is 0. The van der Waals surface area contributed by atoms with Gasteiger partial charge in [-0.25, -0.2) is 0 Å². The van der Waals surface area contributed by atoms with E-state index in [2.05, 4.69) is 15.9 Å². The molecule has 5 heteroatoms. The van der Waals surface area contributed by atoms with Crippen molar-refractivity contribution in [3.8, 4) is 0 Å². The molecule has 0 bridgehead atoms. The van der Waals surface area contributed by atoms with Gasteiger partial charge in [0.1, 0.15) is 0 Å². The Bertz CT molecular complexity index is 327. The maximum Gasteiger partial charge on any atom is 0.254 e. The molecular weight excluding hydrogens is 278 g/mol. The Morgan fingerprint density at radius 1 is 1.67 bits per heavy atom. The van der Waals surface area contributed by atoms with E-state index in [1.54, 1.807) is 11.9 Å². The van der Waals surface area contributed by atoms with Crippen molar-refractivity contribution in [2.45, 2.75) is 6.92 Å². The van der Waals surface area contributed by atoms with Crippen LogP contribution < -0.4 is 0 Å². The van der Waals surface area contributed by atoms with E-state index < -0.39 is 0 Å². The van der Waals surface area contributed by atoms with Crippen LogP contribution in [0.25, 0.3) is 0 Å². The Labute approximate surface area is 102 Å². The summed E-state index contributed by atoms with van der Waals surface area (Å²) in [5, 5.41) is 1.85. The fraction of sp³-hybridized carbons (Fsp3) is 0.500. The lowest BCUT2D eigenvalue weighted by atomic mass is 10.3. The van der Waals surface area contributed by atoms with Crippen molar-refractivity contribution < 1.29 is 9.53 Å². The molecule has 1 aromatic rings. The summed E-state index contributed by atoms with van der Waals surface area (Å²) in [6.07, 6.45) is 0. The van der Waals surface area contributed by atoms with Crippen LogP contribution in [0.2, 0.25) is 0 Å². The van der Waals surface area contributed by atoms with Crippen LogP contribution in [0, 0.1) is 0 Å². The van der Waals surface area contributed by atoms with Gasteiger partial charge in [0.05, 0.1) is 16.0 Å². The van der Waals surface area contributed by atoms with Gasteiger partial charge < -0.3 is 9.64 Å². The average Bonchev–Trinajstić information content (AvgIpc) is 2.64. The molecule has 0 saturated carbocycles. The SMILES string of the molecule is CCOCCN(C)C(=O)c1csc(Br)c1. The van der Waals surface area contributed by atoms with Crippen LogP contribution in [0.1, 0.15) is 17.3 Å². The second kappa shape index (κ2) is 6.25. The lowest BCUT2D eigenvalue weighted by Crippen LogP contribution is -2.29. The molecule has 0 aromatic carbocycles. The summed E-state index contributed by atoms with van der Waals surface area (Å²) in [6.45, 7) is 3.84. The monoisotopic (exact) mass is 291 g/mol. The second-order valence-corrected chi connectivity index (χ2v) is 5.35. The molecule has 1 aromatic heterocycles. The van der Waals surface area contributed by atoms with E-state index in [1.165, 1.54) is 11.3 Å². The quantitative estimate of drug-likeness (QED) is 0.781. The molecule has 0 N–H and O–H groups in total. The second-order valence-electron chi connectivity index (χ2n) is 3.06. The first-order valence-electron chi connectivity index (χ1n) is 4.72. The lowest BCUT2D eigenvalue weighted by Gasteiger charge is -2.15. The number of carbonyl (C=O) groups is 1. The maximum atomic E-state index is 11.8. The molecule has 0 spiro atoms. The molecule has 1 amide bonds. The molecule has 0 aliphatic carbocycles. The van der Waals surface area contributed by atoms with Gasteiger partial charge in [0.15, 0.2) is 0 Å². The van der Waals surface area contributed by atoms with Crippen molar-refractivity contribution >= 4 is 33.2 Å². The van der Waals surface area contributed by atoms with E-state index in [0.717, 1.165) is 9.35 Å². The van der Waals surface area contributed by atoms with Crippen LogP contribution in [0.5, 0.6) is 0 Å². The molecular formula is C10H14BrNO2S. The Hall–Kier alpha value is -0.390. The highest BCUT2D eigenvalue weighted by molar-refractivity contribution is 9.11. The zero-order chi connectivity index (χ0) is 11.3. The minimum absolute atomic E-state index is 0.0386. The summed E-state index contributed by atoms with van der Waals surface area (Å²) in [7, 11) is 1.78. The third kappa shape index (κ3) is 3.93. The van der Waals surface area contributed by atoms with Crippen LogP contribution >= 0.6 is 27.3 Å². The highest BCUT2D eigenvalue weighted by Crippen LogP contribution is 2.21. The van der Waals surface area contributed by atoms with Crippen molar-refractivity contribution in [3.63, 3.8) is 0 Å². The van der Waals surface area contributed by atoms with Crippen molar-refractivity contribution in [1.82, 2.24) is 4.90 Å². The van der Waals surface area contributed by atoms with Crippen LogP contribution in [-0.4, -0.2) is 37.6 Å². The molecule has 0 atom stereocenters. The van der Waals surface area contributed by atoms with Crippen molar-refractivity contribution in [2.24, 2.45) is 0 Å². The minimum atomic E-state index is 0.0386. The first kappa shape index (κ1) is 12.7. The van der Waals surface area contributed by atoms with E-state index in [1.807, 2.05) is 18.4 Å². The van der Waals surface area contributed by atoms with Crippen molar-refractivity contribution in [2.75, 3.05) is 26.8 Å². The van der Waals surface area contributed by atoms with Gasteiger partial charge in [0, 0.05) is 25.6 Å². The fourth-order valence-corrected chi connectivity index (χ4v) is 2.22. The largest absolute Gasteiger partial charge is 0.380 e. The smallest absolute Gasteiger partial charge is 0.254 e. The topological polar surface area (TPSA) is 29.5 Å². The van der Waals surface area contributed by atoms with Crippen LogP contribution in [0.4, 0.5) is 0 Å². The predicted molar refractivity (Wildman–Crippen MR) is 65.5 cm³/mol. The number of amides is 1. The number of rotatable bonds is 5. The summed E-state index contributed by atoms with van der Waals surface area (Å²) < 4.78 is 6.17. The normalized spacial score (nSPS) is 10.3.